The molecule has 0 saturated carbocycles. The standard InChI is InChI=1S/C61H41NS2/c1-38-21-22-45(35-49(38)40-15-7-3-8-16-40)50-36-46(44-26-29-59-53(34-44)52-32-41(24-28-58(52)63-59)39-13-5-2-6-14-39)37-55-54-33-43(25-30-60(54)64-61(50)55)42-23-27-57-51(31-42)48-19-11-12-20-56(48)62(57)47-17-9-4-10-18-47/h2-20,22-38H,21H2,1H3. The molecule has 302 valence electrons. The summed E-state index contributed by atoms with van der Waals surface area (Å²) >= 11 is 3.81. The maximum absolute atomic E-state index is 2.48. The molecule has 1 atom stereocenters. The molecule has 0 saturated heterocycles. The molecule has 0 fully saturated rings. The number of para-hydroxylation sites is 2. The summed E-state index contributed by atoms with van der Waals surface area (Å²) in [6.45, 7) is 2.36. The first-order valence-electron chi connectivity index (χ1n) is 22.2. The number of fused-ring (bicyclic) bond motifs is 9. The Morgan fingerprint density at radius 2 is 0.922 bits per heavy atom. The minimum Gasteiger partial charge on any atom is -0.309 e. The molecule has 3 aromatic heterocycles. The lowest BCUT2D eigenvalue weighted by atomic mass is 9.83. The first-order chi connectivity index (χ1) is 31.6. The van der Waals surface area contributed by atoms with Crippen molar-refractivity contribution >= 4 is 96.0 Å². The van der Waals surface area contributed by atoms with Crippen LogP contribution in [-0.4, -0.2) is 4.57 Å². The van der Waals surface area contributed by atoms with Crippen molar-refractivity contribution in [3.63, 3.8) is 0 Å². The van der Waals surface area contributed by atoms with Gasteiger partial charge in [-0.2, -0.15) is 0 Å². The Bertz CT molecular complexity index is 3860. The van der Waals surface area contributed by atoms with E-state index in [4.69, 9.17) is 0 Å². The summed E-state index contributed by atoms with van der Waals surface area (Å²) < 4.78 is 7.69. The van der Waals surface area contributed by atoms with Crippen molar-refractivity contribution in [3.05, 3.63) is 223 Å². The average Bonchev–Trinajstić information content (AvgIpc) is 4.03. The van der Waals surface area contributed by atoms with Crippen molar-refractivity contribution in [1.82, 2.24) is 4.57 Å². The maximum Gasteiger partial charge on any atom is 0.0541 e. The van der Waals surface area contributed by atoms with E-state index in [0.717, 1.165) is 6.42 Å². The molecule has 1 unspecified atom stereocenters. The van der Waals surface area contributed by atoms with Gasteiger partial charge in [-0.05, 0) is 147 Å². The van der Waals surface area contributed by atoms with Crippen molar-refractivity contribution in [2.45, 2.75) is 13.3 Å². The highest BCUT2D eigenvalue weighted by molar-refractivity contribution is 7.26. The van der Waals surface area contributed by atoms with Gasteiger partial charge in [0.15, 0.2) is 0 Å². The van der Waals surface area contributed by atoms with Crippen LogP contribution in [0, 0.1) is 5.92 Å². The molecule has 0 N–H and O–H groups in total. The van der Waals surface area contributed by atoms with Crippen LogP contribution in [-0.2, 0) is 0 Å². The molecule has 0 bridgehead atoms. The van der Waals surface area contributed by atoms with E-state index in [2.05, 4.69) is 224 Å². The monoisotopic (exact) mass is 851 g/mol. The molecule has 0 aliphatic heterocycles. The zero-order valence-corrected chi connectivity index (χ0v) is 36.9. The van der Waals surface area contributed by atoms with E-state index in [-0.39, 0.29) is 0 Å². The Balaban J connectivity index is 1.00. The van der Waals surface area contributed by atoms with Crippen LogP contribution in [0.1, 0.15) is 24.5 Å². The summed E-state index contributed by atoms with van der Waals surface area (Å²) in [5.41, 5.74) is 16.4. The number of hydrogen-bond donors (Lipinski definition) is 0. The van der Waals surface area contributed by atoms with Crippen LogP contribution >= 0.6 is 22.7 Å². The number of aromatic nitrogens is 1. The second-order valence-corrected chi connectivity index (χ2v) is 19.4. The fourth-order valence-corrected chi connectivity index (χ4v) is 12.5. The lowest BCUT2D eigenvalue weighted by Crippen LogP contribution is -2.03. The summed E-state index contributed by atoms with van der Waals surface area (Å²) in [7, 11) is 0. The number of rotatable bonds is 6. The second-order valence-electron chi connectivity index (χ2n) is 17.3. The Morgan fingerprint density at radius 1 is 0.406 bits per heavy atom. The van der Waals surface area contributed by atoms with E-state index in [1.54, 1.807) is 0 Å². The fraction of sp³-hybridized carbons (Fsp3) is 0.0492. The number of allylic oxidation sites excluding steroid dienone is 4. The van der Waals surface area contributed by atoms with Crippen LogP contribution in [0.3, 0.4) is 0 Å². The highest BCUT2D eigenvalue weighted by Gasteiger charge is 2.21. The quantitative estimate of drug-likeness (QED) is 0.157. The zero-order valence-electron chi connectivity index (χ0n) is 35.3. The van der Waals surface area contributed by atoms with Crippen molar-refractivity contribution in [2.24, 2.45) is 5.92 Å². The second kappa shape index (κ2) is 14.9. The third kappa shape index (κ3) is 6.11. The van der Waals surface area contributed by atoms with Gasteiger partial charge in [-0.1, -0.05) is 140 Å². The molecule has 12 aromatic rings. The van der Waals surface area contributed by atoms with Gasteiger partial charge < -0.3 is 4.57 Å². The highest BCUT2D eigenvalue weighted by Crippen LogP contribution is 2.47. The minimum absolute atomic E-state index is 0.448. The van der Waals surface area contributed by atoms with Gasteiger partial charge in [0.1, 0.15) is 0 Å². The largest absolute Gasteiger partial charge is 0.309 e. The van der Waals surface area contributed by atoms with E-state index in [9.17, 15) is 0 Å². The summed E-state index contributed by atoms with van der Waals surface area (Å²) in [4.78, 5) is 0. The van der Waals surface area contributed by atoms with Crippen molar-refractivity contribution < 1.29 is 0 Å². The van der Waals surface area contributed by atoms with Crippen LogP contribution in [0.5, 0.6) is 0 Å². The maximum atomic E-state index is 2.48. The Labute approximate surface area is 380 Å². The summed E-state index contributed by atoms with van der Waals surface area (Å²) in [5.74, 6) is 0.448. The molecule has 64 heavy (non-hydrogen) atoms. The molecular weight excluding hydrogens is 811 g/mol. The number of benzene rings is 9. The summed E-state index contributed by atoms with van der Waals surface area (Å²) in [6.07, 6.45) is 5.96. The molecule has 0 amide bonds. The van der Waals surface area contributed by atoms with Gasteiger partial charge in [0.25, 0.3) is 0 Å². The van der Waals surface area contributed by atoms with Crippen molar-refractivity contribution in [2.75, 3.05) is 0 Å². The normalized spacial score (nSPS) is 14.3. The molecule has 0 radical (unpaired) electrons. The predicted octanol–water partition coefficient (Wildman–Crippen LogP) is 18.0. The molecule has 9 aromatic carbocycles. The number of nitrogens with zero attached hydrogens (tertiary/aromatic N) is 1. The van der Waals surface area contributed by atoms with Crippen molar-refractivity contribution in [1.29, 1.82) is 0 Å². The third-order valence-corrected chi connectivity index (χ3v) is 15.8. The molecule has 1 nitrogen and oxygen atoms in total. The molecule has 1 aliphatic carbocycles. The van der Waals surface area contributed by atoms with Crippen LogP contribution in [0.25, 0.3) is 112 Å². The van der Waals surface area contributed by atoms with Gasteiger partial charge in [0.05, 0.1) is 11.0 Å². The third-order valence-electron chi connectivity index (χ3n) is 13.5. The minimum atomic E-state index is 0.448. The Hall–Kier alpha value is -7.30. The van der Waals surface area contributed by atoms with Gasteiger partial charge in [0, 0.05) is 56.8 Å². The lowest BCUT2D eigenvalue weighted by molar-refractivity contribution is 0.761. The topological polar surface area (TPSA) is 4.93 Å². The molecule has 13 rings (SSSR count). The average molecular weight is 852 g/mol. The van der Waals surface area contributed by atoms with E-state index >= 15 is 0 Å². The molecule has 3 heteroatoms. The molecule has 1 aliphatic rings. The van der Waals surface area contributed by atoms with Crippen molar-refractivity contribution in [3.8, 4) is 39.1 Å². The molecular formula is C61H41NS2. The Kier molecular flexibility index (Phi) is 8.69. The first-order valence-corrected chi connectivity index (χ1v) is 23.8. The van der Waals surface area contributed by atoms with Crippen LogP contribution in [0.4, 0.5) is 0 Å². The van der Waals surface area contributed by atoms with E-state index in [1.165, 1.54) is 123 Å². The summed E-state index contributed by atoms with van der Waals surface area (Å²) in [6, 6.07) is 74.4. The van der Waals surface area contributed by atoms with E-state index in [1.807, 2.05) is 22.7 Å². The van der Waals surface area contributed by atoms with Gasteiger partial charge in [-0.15, -0.1) is 22.7 Å². The predicted molar refractivity (Wildman–Crippen MR) is 279 cm³/mol. The molecule has 0 spiro atoms. The van der Waals surface area contributed by atoms with E-state index in [0.29, 0.717) is 5.92 Å². The fourth-order valence-electron chi connectivity index (χ4n) is 10.2. The first kappa shape index (κ1) is 37.3. The van der Waals surface area contributed by atoms with E-state index < -0.39 is 0 Å². The van der Waals surface area contributed by atoms with Gasteiger partial charge in [-0.3, -0.25) is 0 Å². The lowest BCUT2D eigenvalue weighted by Gasteiger charge is -2.22. The van der Waals surface area contributed by atoms with Crippen LogP contribution < -0.4 is 0 Å². The SMILES string of the molecule is CC1CC=C(c2cc(-c3ccc4sc5ccc(-c6ccccc6)cc5c4c3)cc3c2sc2ccc(-c4ccc5c(c4)c4ccccc4n5-c4ccccc4)cc23)C=C1c1ccccc1. The number of thiophene rings is 2. The number of hydrogen-bond acceptors (Lipinski definition) is 2. The van der Waals surface area contributed by atoms with Gasteiger partial charge in [0.2, 0.25) is 0 Å². The zero-order chi connectivity index (χ0) is 42.3. The van der Waals surface area contributed by atoms with Crippen LogP contribution in [0.2, 0.25) is 0 Å². The smallest absolute Gasteiger partial charge is 0.0541 e. The van der Waals surface area contributed by atoms with Crippen LogP contribution in [0.15, 0.2) is 212 Å². The highest BCUT2D eigenvalue weighted by atomic mass is 32.1. The van der Waals surface area contributed by atoms with Gasteiger partial charge in [-0.25, -0.2) is 0 Å². The van der Waals surface area contributed by atoms with Gasteiger partial charge >= 0.3 is 0 Å². The molecule has 3 heterocycles. The summed E-state index contributed by atoms with van der Waals surface area (Å²) in [5, 5.41) is 7.78. The Morgan fingerprint density at radius 3 is 1.62 bits per heavy atom.